The van der Waals surface area contributed by atoms with Crippen molar-refractivity contribution in [2.24, 2.45) is 7.05 Å². The van der Waals surface area contributed by atoms with E-state index in [9.17, 15) is 4.79 Å². The highest BCUT2D eigenvalue weighted by Gasteiger charge is 2.27. The largest absolute Gasteiger partial charge is 0.360 e. The minimum atomic E-state index is -0.556. The van der Waals surface area contributed by atoms with Crippen molar-refractivity contribution in [3.05, 3.63) is 54.1 Å². The molecule has 23 heavy (non-hydrogen) atoms. The molecule has 1 unspecified atom stereocenters. The third kappa shape index (κ3) is 3.99. The molecular formula is C18H23N3O2. The standard InChI is InChI=1S/C18H23N3O2/c1-21-12-11-19-16(21)13-20-18(22)17(14-7-3-2-4-8-14)23-15-9-5-6-10-15/h2-4,7-8,11-12,15,17H,5-6,9-10,13H2,1H3,(H,20,22). The van der Waals surface area contributed by atoms with Gasteiger partial charge < -0.3 is 14.6 Å². The molecule has 5 nitrogen and oxygen atoms in total. The topological polar surface area (TPSA) is 56.2 Å². The van der Waals surface area contributed by atoms with Crippen LogP contribution < -0.4 is 5.32 Å². The minimum absolute atomic E-state index is 0.105. The second-order valence-electron chi connectivity index (χ2n) is 6.01. The second kappa shape index (κ2) is 7.42. The third-order valence-electron chi connectivity index (χ3n) is 4.31. The van der Waals surface area contributed by atoms with Crippen LogP contribution >= 0.6 is 0 Å². The fourth-order valence-corrected chi connectivity index (χ4v) is 2.96. The normalized spacial score (nSPS) is 16.4. The van der Waals surface area contributed by atoms with Crippen LogP contribution in [0.4, 0.5) is 0 Å². The molecule has 0 spiro atoms. The Labute approximate surface area is 136 Å². The number of rotatable bonds is 6. The Balaban J connectivity index is 1.68. The molecule has 1 saturated carbocycles. The number of hydrogen-bond donors (Lipinski definition) is 1. The monoisotopic (exact) mass is 313 g/mol. The number of aromatic nitrogens is 2. The first kappa shape index (κ1) is 15.7. The number of nitrogens with zero attached hydrogens (tertiary/aromatic N) is 2. The van der Waals surface area contributed by atoms with Crippen LogP contribution in [0.2, 0.25) is 0 Å². The van der Waals surface area contributed by atoms with Gasteiger partial charge >= 0.3 is 0 Å². The molecule has 3 rings (SSSR count). The molecule has 122 valence electrons. The van der Waals surface area contributed by atoms with Gasteiger partial charge in [0.15, 0.2) is 6.10 Å². The summed E-state index contributed by atoms with van der Waals surface area (Å²) >= 11 is 0. The van der Waals surface area contributed by atoms with Gasteiger partial charge in [-0.15, -0.1) is 0 Å². The Morgan fingerprint density at radius 2 is 2.09 bits per heavy atom. The molecule has 1 aromatic carbocycles. The Kier molecular flexibility index (Phi) is 5.08. The lowest BCUT2D eigenvalue weighted by molar-refractivity contribution is -0.137. The third-order valence-corrected chi connectivity index (χ3v) is 4.31. The number of carbonyl (C=O) groups is 1. The summed E-state index contributed by atoms with van der Waals surface area (Å²) in [6.45, 7) is 0.402. The van der Waals surface area contributed by atoms with Gasteiger partial charge in [0.1, 0.15) is 5.82 Å². The number of nitrogens with one attached hydrogen (secondary N) is 1. The van der Waals surface area contributed by atoms with E-state index >= 15 is 0 Å². The van der Waals surface area contributed by atoms with Crippen LogP contribution in [-0.4, -0.2) is 21.6 Å². The highest BCUT2D eigenvalue weighted by molar-refractivity contribution is 5.82. The summed E-state index contributed by atoms with van der Waals surface area (Å²) in [4.78, 5) is 16.9. The van der Waals surface area contributed by atoms with Crippen LogP contribution in [-0.2, 0) is 23.1 Å². The van der Waals surface area contributed by atoms with Crippen LogP contribution in [0, 0.1) is 0 Å². The van der Waals surface area contributed by atoms with Crippen LogP contribution in [0.1, 0.15) is 43.2 Å². The fraction of sp³-hybridized carbons (Fsp3) is 0.444. The van der Waals surface area contributed by atoms with E-state index in [-0.39, 0.29) is 12.0 Å². The molecule has 1 atom stereocenters. The predicted molar refractivity (Wildman–Crippen MR) is 87.6 cm³/mol. The van der Waals surface area contributed by atoms with Crippen LogP contribution in [0.25, 0.3) is 0 Å². The second-order valence-corrected chi connectivity index (χ2v) is 6.01. The van der Waals surface area contributed by atoms with Gasteiger partial charge in [-0.3, -0.25) is 4.79 Å². The van der Waals surface area contributed by atoms with Gasteiger partial charge in [-0.2, -0.15) is 0 Å². The summed E-state index contributed by atoms with van der Waals surface area (Å²) in [5.74, 6) is 0.720. The van der Waals surface area contributed by atoms with E-state index in [2.05, 4.69) is 10.3 Å². The van der Waals surface area contributed by atoms with Crippen molar-refractivity contribution in [1.82, 2.24) is 14.9 Å². The van der Waals surface area contributed by atoms with E-state index in [0.717, 1.165) is 24.2 Å². The van der Waals surface area contributed by atoms with E-state index < -0.39 is 6.10 Å². The minimum Gasteiger partial charge on any atom is -0.360 e. The summed E-state index contributed by atoms with van der Waals surface area (Å²) in [7, 11) is 1.91. The van der Waals surface area contributed by atoms with E-state index in [1.54, 1.807) is 6.20 Å². The number of imidazole rings is 1. The summed E-state index contributed by atoms with van der Waals surface area (Å²) < 4.78 is 8.02. The first-order chi connectivity index (χ1) is 11.2. The molecule has 0 radical (unpaired) electrons. The molecule has 1 fully saturated rings. The molecule has 1 N–H and O–H groups in total. The summed E-state index contributed by atoms with van der Waals surface area (Å²) in [5.41, 5.74) is 0.900. The zero-order valence-corrected chi connectivity index (χ0v) is 13.4. The smallest absolute Gasteiger partial charge is 0.254 e. The van der Waals surface area contributed by atoms with E-state index in [4.69, 9.17) is 4.74 Å². The van der Waals surface area contributed by atoms with Gasteiger partial charge in [0.2, 0.25) is 0 Å². The Hall–Kier alpha value is -2.14. The molecule has 0 aliphatic heterocycles. The summed E-state index contributed by atoms with van der Waals surface area (Å²) in [6.07, 6.45) is 7.66. The quantitative estimate of drug-likeness (QED) is 0.892. The highest BCUT2D eigenvalue weighted by atomic mass is 16.5. The van der Waals surface area contributed by atoms with Crippen molar-refractivity contribution in [1.29, 1.82) is 0 Å². The molecule has 1 aliphatic rings. The predicted octanol–water partition coefficient (Wildman–Crippen LogP) is 2.74. The fourth-order valence-electron chi connectivity index (χ4n) is 2.96. The van der Waals surface area contributed by atoms with Gasteiger partial charge in [0, 0.05) is 19.4 Å². The molecule has 1 amide bonds. The lowest BCUT2D eigenvalue weighted by atomic mass is 10.1. The zero-order valence-electron chi connectivity index (χ0n) is 13.4. The van der Waals surface area contributed by atoms with Crippen molar-refractivity contribution in [2.75, 3.05) is 0 Å². The molecule has 1 aliphatic carbocycles. The van der Waals surface area contributed by atoms with E-state index in [0.29, 0.717) is 6.54 Å². The summed E-state index contributed by atoms with van der Waals surface area (Å²) in [6, 6.07) is 9.71. The average molecular weight is 313 g/mol. The molecule has 0 saturated heterocycles. The van der Waals surface area contributed by atoms with Crippen molar-refractivity contribution in [3.63, 3.8) is 0 Å². The van der Waals surface area contributed by atoms with Gasteiger partial charge in [0.05, 0.1) is 12.6 Å². The maximum atomic E-state index is 12.7. The zero-order chi connectivity index (χ0) is 16.1. The molecule has 0 bridgehead atoms. The average Bonchev–Trinajstić information content (AvgIpc) is 3.23. The summed E-state index contributed by atoms with van der Waals surface area (Å²) in [5, 5.41) is 2.95. The molecule has 1 heterocycles. The number of aryl methyl sites for hydroxylation is 1. The van der Waals surface area contributed by atoms with Crippen LogP contribution in [0.5, 0.6) is 0 Å². The first-order valence-corrected chi connectivity index (χ1v) is 8.18. The SMILES string of the molecule is Cn1ccnc1CNC(=O)C(OC1CCCC1)c1ccccc1. The van der Waals surface area contributed by atoms with Crippen LogP contribution in [0.15, 0.2) is 42.7 Å². The van der Waals surface area contributed by atoms with Crippen molar-refractivity contribution in [3.8, 4) is 0 Å². The number of amides is 1. The first-order valence-electron chi connectivity index (χ1n) is 8.18. The number of hydrogen-bond acceptors (Lipinski definition) is 3. The number of benzene rings is 1. The highest BCUT2D eigenvalue weighted by Crippen LogP contribution is 2.28. The molecule has 5 heteroatoms. The molecule has 2 aromatic rings. The van der Waals surface area contributed by atoms with Crippen molar-refractivity contribution in [2.45, 2.75) is 44.4 Å². The van der Waals surface area contributed by atoms with Gasteiger partial charge in [-0.05, 0) is 18.4 Å². The number of carbonyl (C=O) groups excluding carboxylic acids is 1. The number of ether oxygens (including phenoxy) is 1. The van der Waals surface area contributed by atoms with Gasteiger partial charge in [0.25, 0.3) is 5.91 Å². The van der Waals surface area contributed by atoms with E-state index in [1.165, 1.54) is 12.8 Å². The van der Waals surface area contributed by atoms with Crippen molar-refractivity contribution >= 4 is 5.91 Å². The lowest BCUT2D eigenvalue weighted by Crippen LogP contribution is -2.33. The Morgan fingerprint density at radius 1 is 1.35 bits per heavy atom. The lowest BCUT2D eigenvalue weighted by Gasteiger charge is -2.22. The van der Waals surface area contributed by atoms with Gasteiger partial charge in [-0.25, -0.2) is 4.98 Å². The molecule has 1 aromatic heterocycles. The maximum absolute atomic E-state index is 12.7. The Morgan fingerprint density at radius 3 is 2.74 bits per heavy atom. The van der Waals surface area contributed by atoms with Crippen molar-refractivity contribution < 1.29 is 9.53 Å². The maximum Gasteiger partial charge on any atom is 0.254 e. The Bertz CT molecular complexity index is 633. The van der Waals surface area contributed by atoms with Gasteiger partial charge in [-0.1, -0.05) is 43.2 Å². The van der Waals surface area contributed by atoms with Crippen LogP contribution in [0.3, 0.4) is 0 Å². The molecular weight excluding hydrogens is 290 g/mol. The van der Waals surface area contributed by atoms with E-state index in [1.807, 2.05) is 48.1 Å².